The van der Waals surface area contributed by atoms with E-state index in [1.165, 1.54) is 6.07 Å². The molecule has 3 rings (SSSR count). The fourth-order valence-corrected chi connectivity index (χ4v) is 2.81. The van der Waals surface area contributed by atoms with E-state index in [0.717, 1.165) is 17.1 Å². The standard InChI is InChI=1S/C21H23FN4O/c1-15-25-20(23-12-11-16-7-3-5-9-18(16)22)13-21(26-15)24-14-17-8-4-6-10-19(17)27-2/h3-10,13H,11-12,14H2,1-2H3,(H2,23,24,25,26). The van der Waals surface area contributed by atoms with Crippen molar-refractivity contribution in [1.29, 1.82) is 0 Å². The Morgan fingerprint density at radius 1 is 0.926 bits per heavy atom. The summed E-state index contributed by atoms with van der Waals surface area (Å²) in [7, 11) is 1.66. The number of benzene rings is 2. The molecule has 0 bridgehead atoms. The van der Waals surface area contributed by atoms with Gasteiger partial charge in [0.15, 0.2) is 0 Å². The summed E-state index contributed by atoms with van der Waals surface area (Å²) in [5, 5.41) is 6.54. The minimum absolute atomic E-state index is 0.183. The number of methoxy groups -OCH3 is 1. The number of aromatic nitrogens is 2. The summed E-state index contributed by atoms with van der Waals surface area (Å²) < 4.78 is 19.1. The molecule has 5 nitrogen and oxygen atoms in total. The fourth-order valence-electron chi connectivity index (χ4n) is 2.81. The van der Waals surface area contributed by atoms with Crippen LogP contribution in [0.4, 0.5) is 16.0 Å². The molecule has 1 heterocycles. The van der Waals surface area contributed by atoms with Crippen LogP contribution in [0.3, 0.4) is 0 Å². The second-order valence-electron chi connectivity index (χ2n) is 6.12. The third-order valence-corrected chi connectivity index (χ3v) is 4.15. The number of para-hydroxylation sites is 1. The van der Waals surface area contributed by atoms with Gasteiger partial charge in [0.1, 0.15) is 29.0 Å². The van der Waals surface area contributed by atoms with E-state index in [-0.39, 0.29) is 5.82 Å². The number of rotatable bonds is 8. The number of hydrogen-bond donors (Lipinski definition) is 2. The van der Waals surface area contributed by atoms with Gasteiger partial charge in [0.25, 0.3) is 0 Å². The van der Waals surface area contributed by atoms with E-state index in [1.807, 2.05) is 43.3 Å². The van der Waals surface area contributed by atoms with Crippen molar-refractivity contribution < 1.29 is 9.13 Å². The SMILES string of the molecule is COc1ccccc1CNc1cc(NCCc2ccccc2F)nc(C)n1. The van der Waals surface area contributed by atoms with Crippen molar-refractivity contribution in [2.24, 2.45) is 0 Å². The van der Waals surface area contributed by atoms with E-state index >= 15 is 0 Å². The molecular formula is C21H23FN4O. The predicted octanol–water partition coefficient (Wildman–Crippen LogP) is 4.20. The highest BCUT2D eigenvalue weighted by atomic mass is 19.1. The number of nitrogens with zero attached hydrogens (tertiary/aromatic N) is 2. The Hall–Kier alpha value is -3.15. The molecule has 0 aliphatic carbocycles. The van der Waals surface area contributed by atoms with Crippen LogP contribution in [0.15, 0.2) is 54.6 Å². The first-order valence-electron chi connectivity index (χ1n) is 8.84. The molecule has 27 heavy (non-hydrogen) atoms. The number of ether oxygens (including phenoxy) is 1. The van der Waals surface area contributed by atoms with Gasteiger partial charge in [0.05, 0.1) is 7.11 Å². The molecule has 2 N–H and O–H groups in total. The van der Waals surface area contributed by atoms with Crippen LogP contribution >= 0.6 is 0 Å². The first-order valence-corrected chi connectivity index (χ1v) is 8.84. The molecule has 6 heteroatoms. The van der Waals surface area contributed by atoms with Gasteiger partial charge in [0, 0.05) is 24.7 Å². The van der Waals surface area contributed by atoms with Crippen LogP contribution in [0, 0.1) is 12.7 Å². The van der Waals surface area contributed by atoms with Crippen LogP contribution in [-0.2, 0) is 13.0 Å². The Bertz CT molecular complexity index is 901. The highest BCUT2D eigenvalue weighted by Gasteiger charge is 2.06. The number of hydrogen-bond acceptors (Lipinski definition) is 5. The predicted molar refractivity (Wildman–Crippen MR) is 106 cm³/mol. The Balaban J connectivity index is 1.61. The lowest BCUT2D eigenvalue weighted by Gasteiger charge is -2.12. The van der Waals surface area contributed by atoms with Gasteiger partial charge in [-0.3, -0.25) is 0 Å². The lowest BCUT2D eigenvalue weighted by atomic mass is 10.1. The summed E-state index contributed by atoms with van der Waals surface area (Å²) in [6.45, 7) is 3.02. The zero-order valence-electron chi connectivity index (χ0n) is 15.5. The molecule has 0 atom stereocenters. The van der Waals surface area contributed by atoms with Crippen molar-refractivity contribution in [3.8, 4) is 5.75 Å². The summed E-state index contributed by atoms with van der Waals surface area (Å²) >= 11 is 0. The third kappa shape index (κ3) is 5.17. The van der Waals surface area contributed by atoms with Crippen LogP contribution in [0.25, 0.3) is 0 Å². The molecule has 140 valence electrons. The quantitative estimate of drug-likeness (QED) is 0.626. The highest BCUT2D eigenvalue weighted by Crippen LogP contribution is 2.19. The van der Waals surface area contributed by atoms with E-state index in [2.05, 4.69) is 20.6 Å². The summed E-state index contributed by atoms with van der Waals surface area (Å²) in [6.07, 6.45) is 0.583. The molecule has 0 amide bonds. The van der Waals surface area contributed by atoms with Gasteiger partial charge in [-0.2, -0.15) is 0 Å². The lowest BCUT2D eigenvalue weighted by Crippen LogP contribution is -2.10. The number of halogens is 1. The minimum Gasteiger partial charge on any atom is -0.496 e. The summed E-state index contributed by atoms with van der Waals surface area (Å²) in [5.41, 5.74) is 1.73. The minimum atomic E-state index is -0.183. The van der Waals surface area contributed by atoms with Crippen molar-refractivity contribution >= 4 is 11.6 Å². The molecule has 0 saturated heterocycles. The zero-order chi connectivity index (χ0) is 19.1. The molecule has 0 radical (unpaired) electrons. The van der Waals surface area contributed by atoms with Crippen LogP contribution in [0.1, 0.15) is 17.0 Å². The van der Waals surface area contributed by atoms with E-state index in [4.69, 9.17) is 4.74 Å². The number of nitrogens with one attached hydrogen (secondary N) is 2. The van der Waals surface area contributed by atoms with Gasteiger partial charge in [-0.1, -0.05) is 36.4 Å². The van der Waals surface area contributed by atoms with Gasteiger partial charge in [-0.25, -0.2) is 14.4 Å². The molecule has 3 aromatic rings. The maximum atomic E-state index is 13.7. The number of anilines is 2. The van der Waals surface area contributed by atoms with Crippen LogP contribution in [0.5, 0.6) is 5.75 Å². The molecule has 0 aliphatic rings. The van der Waals surface area contributed by atoms with Crippen molar-refractivity contribution in [2.45, 2.75) is 19.9 Å². The normalized spacial score (nSPS) is 10.5. The Labute approximate surface area is 158 Å². The Kier molecular flexibility index (Phi) is 6.20. The largest absolute Gasteiger partial charge is 0.496 e. The van der Waals surface area contributed by atoms with Crippen molar-refractivity contribution in [3.05, 3.63) is 77.4 Å². The van der Waals surface area contributed by atoms with Crippen molar-refractivity contribution in [1.82, 2.24) is 9.97 Å². The monoisotopic (exact) mass is 366 g/mol. The van der Waals surface area contributed by atoms with Gasteiger partial charge in [0.2, 0.25) is 0 Å². The second kappa shape index (κ2) is 8.98. The smallest absolute Gasteiger partial charge is 0.132 e. The van der Waals surface area contributed by atoms with E-state index < -0.39 is 0 Å². The topological polar surface area (TPSA) is 59.1 Å². The molecule has 0 saturated carbocycles. The van der Waals surface area contributed by atoms with Gasteiger partial charge in [-0.05, 0) is 31.0 Å². The first kappa shape index (κ1) is 18.6. The number of aryl methyl sites for hydroxylation is 1. The first-order chi connectivity index (χ1) is 13.2. The van der Waals surface area contributed by atoms with Crippen molar-refractivity contribution in [2.75, 3.05) is 24.3 Å². The molecular weight excluding hydrogens is 343 g/mol. The zero-order valence-corrected chi connectivity index (χ0v) is 15.5. The van der Waals surface area contributed by atoms with Gasteiger partial charge in [-0.15, -0.1) is 0 Å². The lowest BCUT2D eigenvalue weighted by molar-refractivity contribution is 0.410. The molecule has 0 unspecified atom stereocenters. The molecule has 2 aromatic carbocycles. The van der Waals surface area contributed by atoms with Crippen LogP contribution in [-0.4, -0.2) is 23.6 Å². The van der Waals surface area contributed by atoms with Gasteiger partial charge < -0.3 is 15.4 Å². The van der Waals surface area contributed by atoms with E-state index in [1.54, 1.807) is 19.2 Å². The van der Waals surface area contributed by atoms with Crippen molar-refractivity contribution in [3.63, 3.8) is 0 Å². The summed E-state index contributed by atoms with van der Waals surface area (Å²) in [4.78, 5) is 8.82. The third-order valence-electron chi connectivity index (χ3n) is 4.15. The van der Waals surface area contributed by atoms with E-state index in [9.17, 15) is 4.39 Å². The average molecular weight is 366 g/mol. The molecule has 0 spiro atoms. The second-order valence-corrected chi connectivity index (χ2v) is 6.12. The summed E-state index contributed by atoms with van der Waals surface area (Å²) in [6, 6.07) is 16.5. The van der Waals surface area contributed by atoms with Crippen LogP contribution < -0.4 is 15.4 Å². The van der Waals surface area contributed by atoms with E-state index in [0.29, 0.717) is 36.7 Å². The molecule has 0 aliphatic heterocycles. The van der Waals surface area contributed by atoms with Gasteiger partial charge >= 0.3 is 0 Å². The fraction of sp³-hybridized carbons (Fsp3) is 0.238. The maximum absolute atomic E-state index is 13.7. The Morgan fingerprint density at radius 3 is 2.33 bits per heavy atom. The molecule has 1 aromatic heterocycles. The highest BCUT2D eigenvalue weighted by molar-refractivity contribution is 5.48. The average Bonchev–Trinajstić information content (AvgIpc) is 2.68. The maximum Gasteiger partial charge on any atom is 0.132 e. The van der Waals surface area contributed by atoms with Crippen LogP contribution in [0.2, 0.25) is 0 Å². The Morgan fingerprint density at radius 2 is 1.59 bits per heavy atom. The summed E-state index contributed by atoms with van der Waals surface area (Å²) in [5.74, 6) is 2.74. The molecule has 0 fully saturated rings.